The average Bonchev–Trinajstić information content (AvgIpc) is 2.38. The van der Waals surface area contributed by atoms with Crippen molar-refractivity contribution in [3.8, 4) is 5.75 Å². The molecular weight excluding hydrogens is 320 g/mol. The maximum Gasteiger partial charge on any atom is 0.221 e. The first-order valence-corrected chi connectivity index (χ1v) is 6.15. The summed E-state index contributed by atoms with van der Waals surface area (Å²) in [5.41, 5.74) is 0.252. The Morgan fingerprint density at radius 2 is 1.95 bits per heavy atom. The summed E-state index contributed by atoms with van der Waals surface area (Å²) in [6.07, 6.45) is -1.29. The highest BCUT2D eigenvalue weighted by molar-refractivity contribution is 9.10. The van der Waals surface area contributed by atoms with Crippen molar-refractivity contribution in [2.24, 2.45) is 0 Å². The van der Waals surface area contributed by atoms with Gasteiger partial charge in [-0.3, -0.25) is 0 Å². The lowest BCUT2D eigenvalue weighted by Gasteiger charge is -2.15. The van der Waals surface area contributed by atoms with Crippen LogP contribution in [-0.2, 0) is 0 Å². The number of rotatable bonds is 3. The lowest BCUT2D eigenvalue weighted by atomic mass is 10.0. The zero-order valence-corrected chi connectivity index (χ0v) is 11.5. The molecule has 2 aromatic rings. The molecule has 0 aliphatic heterocycles. The minimum absolute atomic E-state index is 0.113. The molecule has 0 radical (unpaired) electrons. The zero-order valence-electron chi connectivity index (χ0n) is 9.90. The van der Waals surface area contributed by atoms with Gasteiger partial charge < -0.3 is 9.84 Å². The molecule has 1 atom stereocenters. The van der Waals surface area contributed by atoms with Crippen LogP contribution in [0.2, 0.25) is 0 Å². The molecule has 1 aromatic carbocycles. The van der Waals surface area contributed by atoms with E-state index in [9.17, 15) is 13.9 Å². The number of aliphatic hydroxyl groups excluding tert-OH is 1. The van der Waals surface area contributed by atoms with Crippen LogP contribution in [0.15, 0.2) is 34.8 Å². The molecule has 0 amide bonds. The predicted octanol–water partition coefficient (Wildman–Crippen LogP) is 3.21. The summed E-state index contributed by atoms with van der Waals surface area (Å²) in [5, 5.41) is 10.2. The number of ether oxygens (including phenoxy) is 1. The van der Waals surface area contributed by atoms with Crippen molar-refractivity contribution in [1.29, 1.82) is 0 Å². The third-order valence-electron chi connectivity index (χ3n) is 2.62. The fourth-order valence-electron chi connectivity index (χ4n) is 1.71. The normalized spacial score (nSPS) is 12.3. The van der Waals surface area contributed by atoms with Crippen molar-refractivity contribution in [2.45, 2.75) is 6.10 Å². The second-order valence-electron chi connectivity index (χ2n) is 3.80. The summed E-state index contributed by atoms with van der Waals surface area (Å²) in [6.45, 7) is 0. The van der Waals surface area contributed by atoms with Crippen molar-refractivity contribution < 1.29 is 18.6 Å². The quantitative estimate of drug-likeness (QED) is 0.879. The molecule has 100 valence electrons. The summed E-state index contributed by atoms with van der Waals surface area (Å²) < 4.78 is 32.1. The van der Waals surface area contributed by atoms with Crippen LogP contribution < -0.4 is 4.74 Å². The molecule has 0 spiro atoms. The molecule has 0 saturated heterocycles. The Hall–Kier alpha value is -1.53. The number of hydrogen-bond donors (Lipinski definition) is 1. The SMILES string of the molecule is COc1ccc(Br)cc1C(O)c1ccc(F)nc1F. The van der Waals surface area contributed by atoms with Gasteiger partial charge in [0.15, 0.2) is 0 Å². The van der Waals surface area contributed by atoms with E-state index in [2.05, 4.69) is 20.9 Å². The number of aromatic nitrogens is 1. The third-order valence-corrected chi connectivity index (χ3v) is 3.12. The van der Waals surface area contributed by atoms with E-state index in [0.29, 0.717) is 15.8 Å². The second-order valence-corrected chi connectivity index (χ2v) is 4.72. The lowest BCUT2D eigenvalue weighted by molar-refractivity contribution is 0.207. The number of aliphatic hydroxyl groups is 1. The van der Waals surface area contributed by atoms with Crippen molar-refractivity contribution in [2.75, 3.05) is 7.11 Å². The van der Waals surface area contributed by atoms with E-state index < -0.39 is 18.0 Å². The van der Waals surface area contributed by atoms with E-state index in [-0.39, 0.29) is 5.56 Å². The molecule has 2 rings (SSSR count). The van der Waals surface area contributed by atoms with Gasteiger partial charge in [0.05, 0.1) is 7.11 Å². The minimum atomic E-state index is -1.29. The Balaban J connectivity index is 2.49. The summed E-state index contributed by atoms with van der Waals surface area (Å²) in [7, 11) is 1.44. The van der Waals surface area contributed by atoms with Crippen molar-refractivity contribution in [3.05, 3.63) is 57.8 Å². The fourth-order valence-corrected chi connectivity index (χ4v) is 2.09. The highest BCUT2D eigenvalue weighted by Crippen LogP contribution is 2.33. The fraction of sp³-hybridized carbons (Fsp3) is 0.154. The van der Waals surface area contributed by atoms with Crippen LogP contribution in [0.5, 0.6) is 5.75 Å². The molecule has 1 unspecified atom stereocenters. The smallest absolute Gasteiger partial charge is 0.221 e. The number of nitrogens with zero attached hydrogens (tertiary/aromatic N) is 1. The molecule has 0 bridgehead atoms. The summed E-state index contributed by atoms with van der Waals surface area (Å²) in [5.74, 6) is -1.58. The Labute approximate surface area is 117 Å². The first-order valence-electron chi connectivity index (χ1n) is 5.36. The van der Waals surface area contributed by atoms with Gasteiger partial charge in [-0.05, 0) is 30.3 Å². The second kappa shape index (κ2) is 5.63. The molecule has 1 N–H and O–H groups in total. The van der Waals surface area contributed by atoms with E-state index in [1.807, 2.05) is 0 Å². The Bertz CT molecular complexity index is 607. The van der Waals surface area contributed by atoms with E-state index in [1.54, 1.807) is 18.2 Å². The number of pyridine rings is 1. The number of methoxy groups -OCH3 is 1. The zero-order chi connectivity index (χ0) is 14.0. The Morgan fingerprint density at radius 1 is 1.21 bits per heavy atom. The summed E-state index contributed by atoms with van der Waals surface area (Å²) in [6, 6.07) is 7.12. The summed E-state index contributed by atoms with van der Waals surface area (Å²) in [4.78, 5) is 3.05. The molecule has 3 nitrogen and oxygen atoms in total. The maximum absolute atomic E-state index is 13.6. The van der Waals surface area contributed by atoms with Gasteiger partial charge in [-0.15, -0.1) is 0 Å². The van der Waals surface area contributed by atoms with E-state index in [1.165, 1.54) is 7.11 Å². The van der Waals surface area contributed by atoms with Gasteiger partial charge in [0.25, 0.3) is 0 Å². The minimum Gasteiger partial charge on any atom is -0.496 e. The van der Waals surface area contributed by atoms with Gasteiger partial charge >= 0.3 is 0 Å². The van der Waals surface area contributed by atoms with Crippen molar-refractivity contribution >= 4 is 15.9 Å². The largest absolute Gasteiger partial charge is 0.496 e. The molecule has 1 heterocycles. The van der Waals surface area contributed by atoms with Crippen LogP contribution in [0, 0.1) is 11.9 Å². The van der Waals surface area contributed by atoms with E-state index in [4.69, 9.17) is 4.74 Å². The first-order chi connectivity index (χ1) is 9.02. The monoisotopic (exact) mass is 329 g/mol. The molecule has 0 aliphatic rings. The molecule has 0 fully saturated rings. The van der Waals surface area contributed by atoms with Crippen molar-refractivity contribution in [3.63, 3.8) is 0 Å². The highest BCUT2D eigenvalue weighted by Gasteiger charge is 2.20. The average molecular weight is 330 g/mol. The number of halogens is 3. The topological polar surface area (TPSA) is 42.4 Å². The van der Waals surface area contributed by atoms with Crippen LogP contribution in [-0.4, -0.2) is 17.2 Å². The van der Waals surface area contributed by atoms with Crippen LogP contribution >= 0.6 is 15.9 Å². The Kier molecular flexibility index (Phi) is 4.11. The molecular formula is C13H10BrF2NO2. The molecule has 6 heteroatoms. The van der Waals surface area contributed by atoms with E-state index in [0.717, 1.165) is 12.1 Å². The van der Waals surface area contributed by atoms with Crippen molar-refractivity contribution in [1.82, 2.24) is 4.98 Å². The first kappa shape index (κ1) is 13.9. The van der Waals surface area contributed by atoms with E-state index >= 15 is 0 Å². The van der Waals surface area contributed by atoms with Gasteiger partial charge in [-0.2, -0.15) is 13.8 Å². The van der Waals surface area contributed by atoms with Crippen LogP contribution in [0.4, 0.5) is 8.78 Å². The molecule has 0 aliphatic carbocycles. The van der Waals surface area contributed by atoms with Gasteiger partial charge in [-0.1, -0.05) is 15.9 Å². The van der Waals surface area contributed by atoms with Crippen LogP contribution in [0.3, 0.4) is 0 Å². The molecule has 0 saturated carbocycles. The third kappa shape index (κ3) is 2.90. The van der Waals surface area contributed by atoms with Gasteiger partial charge in [0, 0.05) is 15.6 Å². The number of benzene rings is 1. The molecule has 1 aromatic heterocycles. The van der Waals surface area contributed by atoms with Gasteiger partial charge in [-0.25, -0.2) is 0 Å². The number of hydrogen-bond acceptors (Lipinski definition) is 3. The van der Waals surface area contributed by atoms with Gasteiger partial charge in [0.1, 0.15) is 11.9 Å². The Morgan fingerprint density at radius 3 is 2.58 bits per heavy atom. The maximum atomic E-state index is 13.6. The standard InChI is InChI=1S/C13H10BrF2NO2/c1-19-10-4-2-7(14)6-9(10)12(18)8-3-5-11(15)17-13(8)16/h2-6,12,18H,1H3. The lowest BCUT2D eigenvalue weighted by Crippen LogP contribution is -2.07. The molecule has 19 heavy (non-hydrogen) atoms. The van der Waals surface area contributed by atoms with Crippen LogP contribution in [0.25, 0.3) is 0 Å². The summed E-state index contributed by atoms with van der Waals surface area (Å²) >= 11 is 3.26. The van der Waals surface area contributed by atoms with Gasteiger partial charge in [0.2, 0.25) is 11.9 Å². The van der Waals surface area contributed by atoms with Crippen LogP contribution in [0.1, 0.15) is 17.2 Å². The predicted molar refractivity (Wildman–Crippen MR) is 68.9 cm³/mol. The highest BCUT2D eigenvalue weighted by atomic mass is 79.9.